The Hall–Kier alpha value is -5.83. The zero-order chi connectivity index (χ0) is 37.9. The first-order chi connectivity index (χ1) is 23.4. The number of hydrogen-bond donors (Lipinski definition) is 0. The highest BCUT2D eigenvalue weighted by molar-refractivity contribution is 6.07. The number of carbonyl (C=O) groups excluding carboxylic acids is 5. The molecule has 4 rings (SSSR count). The number of aryl methyl sites for hydroxylation is 4. The Labute approximate surface area is 291 Å². The number of esters is 3. The second kappa shape index (κ2) is 15.2. The van der Waals surface area contributed by atoms with Crippen molar-refractivity contribution in [2.45, 2.75) is 94.9 Å². The fourth-order valence-electron chi connectivity index (χ4n) is 7.06. The monoisotopic (exact) mass is 676 g/mol. The van der Waals surface area contributed by atoms with Gasteiger partial charge in [0.2, 0.25) is 0 Å². The number of hydrogen-bond acceptors (Lipinski definition) is 10. The smallest absolute Gasteiger partial charge is 0.373 e. The van der Waals surface area contributed by atoms with Crippen molar-refractivity contribution in [1.29, 1.82) is 10.5 Å². The fraction of sp³-hybridized carbons (Fsp3) is 0.350. The third-order valence-corrected chi connectivity index (χ3v) is 8.63. The van der Waals surface area contributed by atoms with Gasteiger partial charge in [-0.1, -0.05) is 39.8 Å². The number of benzene rings is 4. The van der Waals surface area contributed by atoms with Gasteiger partial charge in [-0.3, -0.25) is 14.4 Å². The van der Waals surface area contributed by atoms with Crippen LogP contribution in [0.15, 0.2) is 12.1 Å². The maximum Gasteiger partial charge on any atom is 0.373 e. The summed E-state index contributed by atoms with van der Waals surface area (Å²) in [6.07, 6.45) is 0.250. The average Bonchev–Trinajstić information content (AvgIpc) is 2.99. The predicted molar refractivity (Wildman–Crippen MR) is 187 cm³/mol. The van der Waals surface area contributed by atoms with Crippen molar-refractivity contribution >= 4 is 45.6 Å². The minimum absolute atomic E-state index is 0.00848. The zero-order valence-electron chi connectivity index (χ0n) is 30.5. The summed E-state index contributed by atoms with van der Waals surface area (Å²) in [5, 5.41) is 23.9. The normalized spacial score (nSPS) is 10.6. The molecule has 0 heterocycles. The lowest BCUT2D eigenvalue weighted by Crippen LogP contribution is -2.12. The molecular formula is C40H40N2O8. The van der Waals surface area contributed by atoms with Gasteiger partial charge in [0.15, 0.2) is 11.5 Å². The summed E-state index contributed by atoms with van der Waals surface area (Å²) in [7, 11) is 0. The molecule has 4 aromatic carbocycles. The van der Waals surface area contributed by atoms with Gasteiger partial charge >= 0.3 is 24.1 Å². The maximum absolute atomic E-state index is 12.3. The van der Waals surface area contributed by atoms with E-state index in [0.29, 0.717) is 27.8 Å². The topological polar surface area (TPSA) is 161 Å². The van der Waals surface area contributed by atoms with Crippen LogP contribution in [-0.2, 0) is 24.0 Å². The molecule has 0 bridgehead atoms. The van der Waals surface area contributed by atoms with Crippen molar-refractivity contribution < 1.29 is 38.2 Å². The number of nitrogens with zero attached hydrogens (tertiary/aromatic N) is 2. The molecular weight excluding hydrogens is 636 g/mol. The van der Waals surface area contributed by atoms with E-state index in [1.807, 2.05) is 67.5 Å². The van der Waals surface area contributed by atoms with Gasteiger partial charge in [0.05, 0.1) is 5.56 Å². The van der Waals surface area contributed by atoms with Crippen LogP contribution in [0.1, 0.15) is 110 Å². The number of ether oxygens (including phenoxy) is 3. The van der Waals surface area contributed by atoms with Gasteiger partial charge in [-0.05, 0) is 90.6 Å². The molecule has 0 fully saturated rings. The van der Waals surface area contributed by atoms with Gasteiger partial charge in [0, 0.05) is 48.2 Å². The Morgan fingerprint density at radius 2 is 0.920 bits per heavy atom. The lowest BCUT2D eigenvalue weighted by Gasteiger charge is -2.26. The zero-order valence-corrected chi connectivity index (χ0v) is 30.5. The summed E-state index contributed by atoms with van der Waals surface area (Å²) in [5.41, 5.74) is 7.92. The first-order valence-corrected chi connectivity index (χ1v) is 16.0. The summed E-state index contributed by atoms with van der Waals surface area (Å²) < 4.78 is 17.0. The summed E-state index contributed by atoms with van der Waals surface area (Å²) >= 11 is 0. The third-order valence-electron chi connectivity index (χ3n) is 8.63. The van der Waals surface area contributed by atoms with Crippen molar-refractivity contribution in [2.24, 2.45) is 0 Å². The predicted octanol–water partition coefficient (Wildman–Crippen LogP) is 8.38. The van der Waals surface area contributed by atoms with E-state index < -0.39 is 17.9 Å². The van der Waals surface area contributed by atoms with Crippen LogP contribution in [-0.4, -0.2) is 24.1 Å². The van der Waals surface area contributed by atoms with Crippen LogP contribution in [0.3, 0.4) is 0 Å². The molecule has 50 heavy (non-hydrogen) atoms. The van der Waals surface area contributed by atoms with E-state index in [9.17, 15) is 24.9 Å². The van der Waals surface area contributed by atoms with Crippen LogP contribution < -0.4 is 14.2 Å². The van der Waals surface area contributed by atoms with Gasteiger partial charge < -0.3 is 14.2 Å². The van der Waals surface area contributed by atoms with Crippen molar-refractivity contribution in [2.75, 3.05) is 0 Å². The molecule has 0 atom stereocenters. The first-order valence-electron chi connectivity index (χ1n) is 16.0. The molecule has 0 spiro atoms. The molecule has 0 radical (unpaired) electrons. The Morgan fingerprint density at radius 1 is 0.580 bits per heavy atom. The van der Waals surface area contributed by atoms with Gasteiger partial charge in [0.25, 0.3) is 0 Å². The lowest BCUT2D eigenvalue weighted by atomic mass is 9.79. The first kappa shape index (κ1) is 38.6. The maximum atomic E-state index is 12.3. The van der Waals surface area contributed by atoms with Gasteiger partial charge in [-0.25, -0.2) is 0 Å². The highest BCUT2D eigenvalue weighted by Crippen LogP contribution is 2.50. The summed E-state index contributed by atoms with van der Waals surface area (Å²) in [5.74, 6) is -1.47. The molecule has 4 aromatic rings. The molecule has 0 saturated carbocycles. The van der Waals surface area contributed by atoms with E-state index in [2.05, 4.69) is 12.1 Å². The van der Waals surface area contributed by atoms with Crippen molar-refractivity contribution in [3.8, 4) is 40.5 Å². The van der Waals surface area contributed by atoms with Crippen molar-refractivity contribution in [1.82, 2.24) is 0 Å². The third kappa shape index (κ3) is 6.85. The SMILES string of the molecule is CC(=O)Oc1c(C)c(C#N)c2c(C)c(-c3c(C)cc4c(C(C)C)c(OC(C)=O)c(OC(C)=O)c(C#N)c4c3C)c(C)cc2c1C(C)C.O=C=O. The molecule has 10 heteroatoms. The molecule has 258 valence electrons. The molecule has 0 aliphatic carbocycles. The Bertz CT molecular complexity index is 2220. The second-order valence-electron chi connectivity index (χ2n) is 12.8. The Balaban J connectivity index is 0.00000217. The van der Waals surface area contributed by atoms with E-state index in [0.717, 1.165) is 55.1 Å². The second-order valence-corrected chi connectivity index (χ2v) is 12.8. The molecule has 0 amide bonds. The molecule has 0 aliphatic rings. The highest BCUT2D eigenvalue weighted by atomic mass is 16.6. The van der Waals surface area contributed by atoms with Crippen molar-refractivity contribution in [3.63, 3.8) is 0 Å². The average molecular weight is 677 g/mol. The van der Waals surface area contributed by atoms with Crippen molar-refractivity contribution in [3.05, 3.63) is 62.2 Å². The van der Waals surface area contributed by atoms with Gasteiger partial charge in [0.1, 0.15) is 23.5 Å². The lowest BCUT2D eigenvalue weighted by molar-refractivity contribution is -0.191. The van der Waals surface area contributed by atoms with Gasteiger partial charge in [-0.2, -0.15) is 20.1 Å². The number of rotatable bonds is 6. The standard InChI is InChI=1S/C39H40N2O6.CO2/c1-17(2)31-27-13-19(5)33(22(8)35(27)29(15-40)21(7)37(31)45-24(10)42)34-20(6)14-28-32(18(3)4)39(47-26(12)44)38(46-25(11)43)30(16-41)36(28)23(34)9;2-1-3/h13-14,17-18H,1-12H3;. The molecule has 0 aromatic heterocycles. The largest absolute Gasteiger partial charge is 0.426 e. The molecule has 0 aliphatic heterocycles. The van der Waals surface area contributed by atoms with Crippen LogP contribution in [0.25, 0.3) is 32.7 Å². The van der Waals surface area contributed by atoms with Gasteiger partial charge in [-0.15, -0.1) is 0 Å². The summed E-state index contributed by atoms with van der Waals surface area (Å²) in [4.78, 5) is 52.9. The molecule has 10 nitrogen and oxygen atoms in total. The van der Waals surface area contributed by atoms with Crippen LogP contribution in [0.2, 0.25) is 0 Å². The highest BCUT2D eigenvalue weighted by Gasteiger charge is 2.30. The molecule has 0 N–H and O–H groups in total. The van der Waals surface area contributed by atoms with Crippen LogP contribution in [0, 0.1) is 57.3 Å². The quantitative estimate of drug-likeness (QED) is 0.143. The van der Waals surface area contributed by atoms with E-state index in [4.69, 9.17) is 23.8 Å². The van der Waals surface area contributed by atoms with E-state index in [-0.39, 0.29) is 35.0 Å². The Kier molecular flexibility index (Phi) is 11.7. The van der Waals surface area contributed by atoms with E-state index in [1.54, 1.807) is 6.92 Å². The minimum Gasteiger partial charge on any atom is -0.426 e. The van der Waals surface area contributed by atoms with Crippen LogP contribution >= 0.6 is 0 Å². The molecule has 0 unspecified atom stereocenters. The fourth-order valence-corrected chi connectivity index (χ4v) is 7.06. The van der Waals surface area contributed by atoms with E-state index in [1.165, 1.54) is 20.8 Å². The Morgan fingerprint density at radius 3 is 1.28 bits per heavy atom. The summed E-state index contributed by atoms with van der Waals surface area (Å²) in [6, 6.07) is 8.64. The number of nitriles is 2. The number of carbonyl (C=O) groups is 3. The minimum atomic E-state index is -0.649. The van der Waals surface area contributed by atoms with Crippen LogP contribution in [0.4, 0.5) is 0 Å². The number of fused-ring (bicyclic) bond motifs is 2. The summed E-state index contributed by atoms with van der Waals surface area (Å²) in [6.45, 7) is 21.5. The van der Waals surface area contributed by atoms with E-state index >= 15 is 0 Å². The molecule has 0 saturated heterocycles. The van der Waals surface area contributed by atoms with Crippen LogP contribution in [0.5, 0.6) is 17.2 Å².